The van der Waals surface area contributed by atoms with Gasteiger partial charge in [-0.3, -0.25) is 4.79 Å². The summed E-state index contributed by atoms with van der Waals surface area (Å²) in [7, 11) is 0. The molecule has 3 fully saturated rings. The quantitative estimate of drug-likeness (QED) is 0.730. The Hall–Kier alpha value is -1.59. The lowest BCUT2D eigenvalue weighted by atomic mass is 9.55. The third-order valence-corrected chi connectivity index (χ3v) is 8.58. The number of fused-ring (bicyclic) bond motifs is 5. The highest BCUT2D eigenvalue weighted by atomic mass is 16.5. The Labute approximate surface area is 172 Å². The molecule has 1 amide bonds. The molecule has 3 aliphatic carbocycles. The molecule has 1 heterocycles. The van der Waals surface area contributed by atoms with Crippen molar-refractivity contribution in [3.05, 3.63) is 29.3 Å². The van der Waals surface area contributed by atoms with E-state index < -0.39 is 6.10 Å². The molecule has 3 N–H and O–H groups in total. The van der Waals surface area contributed by atoms with E-state index in [2.05, 4.69) is 18.3 Å². The predicted octanol–water partition coefficient (Wildman–Crippen LogP) is 3.13. The molecule has 1 saturated heterocycles. The highest BCUT2D eigenvalue weighted by Gasteiger charge is 2.59. The van der Waals surface area contributed by atoms with E-state index in [0.717, 1.165) is 51.6 Å². The average Bonchev–Trinajstić information content (AvgIpc) is 3.32. The first kappa shape index (κ1) is 19.4. The molecule has 1 aromatic rings. The standard InChI is InChI=1S/C24H33NO4/c1-24-9-8-18-17-7-5-15(26)11-14(17)4-6-19(18)21(24)12-20(22(24)27)23(28)25-13-16-3-2-10-29-16/h5,7,11,16,18-22,26-27H,2-4,6,8-10,12-13H2,1H3,(H,25,28)/t16?,18-,19-,20?,21+,22+,24+/m1/s1. The second-order valence-corrected chi connectivity index (χ2v) is 10.0. The van der Waals surface area contributed by atoms with Gasteiger partial charge in [-0.15, -0.1) is 0 Å². The third-order valence-electron chi connectivity index (χ3n) is 8.58. The number of carbonyl (C=O) groups excluding carboxylic acids is 1. The summed E-state index contributed by atoms with van der Waals surface area (Å²) in [6, 6.07) is 5.82. The largest absolute Gasteiger partial charge is 0.508 e. The summed E-state index contributed by atoms with van der Waals surface area (Å²) in [6.45, 7) is 3.56. The molecule has 7 atom stereocenters. The van der Waals surface area contributed by atoms with Crippen LogP contribution < -0.4 is 5.32 Å². The lowest BCUT2D eigenvalue weighted by Crippen LogP contribution is -2.46. The predicted molar refractivity (Wildman–Crippen MR) is 110 cm³/mol. The average molecular weight is 400 g/mol. The summed E-state index contributed by atoms with van der Waals surface area (Å²) in [6.07, 6.45) is 6.48. The maximum atomic E-state index is 12.9. The van der Waals surface area contributed by atoms with Gasteiger partial charge in [-0.2, -0.15) is 0 Å². The van der Waals surface area contributed by atoms with Crippen molar-refractivity contribution in [3.8, 4) is 5.75 Å². The van der Waals surface area contributed by atoms with Crippen LogP contribution in [0.4, 0.5) is 0 Å². The fraction of sp³-hybridized carbons (Fsp3) is 0.708. The highest BCUT2D eigenvalue weighted by molar-refractivity contribution is 5.80. The molecule has 0 spiro atoms. The molecule has 2 unspecified atom stereocenters. The Morgan fingerprint density at radius 3 is 2.97 bits per heavy atom. The number of ether oxygens (including phenoxy) is 1. The zero-order chi connectivity index (χ0) is 20.2. The highest BCUT2D eigenvalue weighted by Crippen LogP contribution is 2.62. The summed E-state index contributed by atoms with van der Waals surface area (Å²) in [5.74, 6) is 1.40. The van der Waals surface area contributed by atoms with E-state index in [-0.39, 0.29) is 23.3 Å². The number of aliphatic hydroxyl groups excluding tert-OH is 1. The van der Waals surface area contributed by atoms with Crippen LogP contribution in [-0.4, -0.2) is 41.5 Å². The van der Waals surface area contributed by atoms with Gasteiger partial charge in [-0.05, 0) is 91.4 Å². The van der Waals surface area contributed by atoms with Gasteiger partial charge in [0.05, 0.1) is 18.1 Å². The molecule has 0 aromatic heterocycles. The van der Waals surface area contributed by atoms with Crippen LogP contribution in [0.5, 0.6) is 5.75 Å². The van der Waals surface area contributed by atoms with Gasteiger partial charge in [0.15, 0.2) is 0 Å². The first-order valence-corrected chi connectivity index (χ1v) is 11.4. The molecule has 1 aliphatic heterocycles. The molecular weight excluding hydrogens is 366 g/mol. The number of aryl methyl sites for hydroxylation is 1. The third kappa shape index (κ3) is 3.17. The molecule has 5 nitrogen and oxygen atoms in total. The van der Waals surface area contributed by atoms with Crippen molar-refractivity contribution < 1.29 is 19.7 Å². The van der Waals surface area contributed by atoms with Gasteiger partial charge in [0.1, 0.15) is 5.75 Å². The Balaban J connectivity index is 1.33. The molecule has 0 radical (unpaired) electrons. The summed E-state index contributed by atoms with van der Waals surface area (Å²) in [5.41, 5.74) is 2.47. The fourth-order valence-corrected chi connectivity index (χ4v) is 6.99. The van der Waals surface area contributed by atoms with Gasteiger partial charge in [-0.1, -0.05) is 13.0 Å². The van der Waals surface area contributed by atoms with Crippen molar-refractivity contribution in [3.63, 3.8) is 0 Å². The van der Waals surface area contributed by atoms with Crippen molar-refractivity contribution in [2.24, 2.45) is 23.2 Å². The number of rotatable bonds is 3. The van der Waals surface area contributed by atoms with Gasteiger partial charge in [0.25, 0.3) is 0 Å². The van der Waals surface area contributed by atoms with Gasteiger partial charge in [0.2, 0.25) is 5.91 Å². The number of phenols is 1. The first-order valence-electron chi connectivity index (χ1n) is 11.4. The van der Waals surface area contributed by atoms with E-state index >= 15 is 0 Å². The van der Waals surface area contributed by atoms with Crippen LogP contribution in [0.15, 0.2) is 18.2 Å². The van der Waals surface area contributed by atoms with Crippen LogP contribution in [0.1, 0.15) is 62.5 Å². The molecule has 158 valence electrons. The number of aromatic hydroxyl groups is 1. The Morgan fingerprint density at radius 1 is 1.31 bits per heavy atom. The second-order valence-electron chi connectivity index (χ2n) is 10.0. The smallest absolute Gasteiger partial charge is 0.225 e. The van der Waals surface area contributed by atoms with Gasteiger partial charge in [-0.25, -0.2) is 0 Å². The van der Waals surface area contributed by atoms with Crippen LogP contribution in [0, 0.1) is 23.2 Å². The molecule has 2 saturated carbocycles. The maximum absolute atomic E-state index is 12.9. The Morgan fingerprint density at radius 2 is 2.17 bits per heavy atom. The first-order chi connectivity index (χ1) is 14.0. The molecule has 5 heteroatoms. The molecule has 5 rings (SSSR count). The molecular formula is C24H33NO4. The van der Waals surface area contributed by atoms with Crippen molar-refractivity contribution in [1.82, 2.24) is 5.32 Å². The number of benzene rings is 1. The Bertz CT molecular complexity index is 789. The lowest BCUT2D eigenvalue weighted by molar-refractivity contribution is -0.130. The summed E-state index contributed by atoms with van der Waals surface area (Å²) < 4.78 is 5.62. The molecule has 0 bridgehead atoms. The number of carbonyl (C=O) groups is 1. The minimum atomic E-state index is -0.570. The van der Waals surface area contributed by atoms with Gasteiger partial charge in [0, 0.05) is 13.2 Å². The summed E-state index contributed by atoms with van der Waals surface area (Å²) in [5, 5.41) is 24.1. The van der Waals surface area contributed by atoms with Crippen LogP contribution >= 0.6 is 0 Å². The van der Waals surface area contributed by atoms with Crippen LogP contribution in [0.3, 0.4) is 0 Å². The van der Waals surface area contributed by atoms with Crippen molar-refractivity contribution in [1.29, 1.82) is 0 Å². The number of hydrogen-bond donors (Lipinski definition) is 3. The van der Waals surface area contributed by atoms with E-state index in [4.69, 9.17) is 4.74 Å². The van der Waals surface area contributed by atoms with E-state index in [1.807, 2.05) is 6.07 Å². The van der Waals surface area contributed by atoms with E-state index in [1.54, 1.807) is 6.07 Å². The fourth-order valence-electron chi connectivity index (χ4n) is 6.99. The zero-order valence-electron chi connectivity index (χ0n) is 17.3. The number of nitrogens with one attached hydrogen (secondary N) is 1. The van der Waals surface area contributed by atoms with Crippen molar-refractivity contribution >= 4 is 5.91 Å². The van der Waals surface area contributed by atoms with Crippen LogP contribution in [-0.2, 0) is 16.0 Å². The lowest BCUT2D eigenvalue weighted by Gasteiger charge is -2.50. The maximum Gasteiger partial charge on any atom is 0.225 e. The number of aliphatic hydroxyl groups is 1. The van der Waals surface area contributed by atoms with Crippen molar-refractivity contribution in [2.75, 3.05) is 13.2 Å². The molecule has 29 heavy (non-hydrogen) atoms. The zero-order valence-corrected chi connectivity index (χ0v) is 17.3. The molecule has 4 aliphatic rings. The minimum absolute atomic E-state index is 0.00121. The number of hydrogen-bond acceptors (Lipinski definition) is 4. The normalized spacial score (nSPS) is 40.8. The van der Waals surface area contributed by atoms with E-state index in [1.165, 1.54) is 11.1 Å². The van der Waals surface area contributed by atoms with Crippen molar-refractivity contribution in [2.45, 2.75) is 70.0 Å². The number of phenolic OH excluding ortho intramolecular Hbond substituents is 1. The molecule has 1 aromatic carbocycles. The minimum Gasteiger partial charge on any atom is -0.508 e. The SMILES string of the molecule is C[C@]12CC[C@@H]3c4ccc(O)cc4CC[C@H]3[C@@H]1CC(C(=O)NCC1CCCO1)[C@@H]2O. The topological polar surface area (TPSA) is 78.8 Å². The van der Waals surface area contributed by atoms with Crippen LogP contribution in [0.2, 0.25) is 0 Å². The van der Waals surface area contributed by atoms with Gasteiger partial charge >= 0.3 is 0 Å². The van der Waals surface area contributed by atoms with E-state index in [9.17, 15) is 15.0 Å². The monoisotopic (exact) mass is 399 g/mol. The van der Waals surface area contributed by atoms with Gasteiger partial charge < -0.3 is 20.3 Å². The van der Waals surface area contributed by atoms with Crippen LogP contribution in [0.25, 0.3) is 0 Å². The Kier molecular flexibility index (Phi) is 4.86. The second kappa shape index (κ2) is 7.28. The number of amides is 1. The summed E-state index contributed by atoms with van der Waals surface area (Å²) >= 11 is 0. The van der Waals surface area contributed by atoms with E-state index in [0.29, 0.717) is 30.0 Å². The summed E-state index contributed by atoms with van der Waals surface area (Å²) in [4.78, 5) is 12.9.